The molecule has 0 bridgehead atoms. The predicted molar refractivity (Wildman–Crippen MR) is 55.3 cm³/mol. The molecule has 1 amide bonds. The molecular weight excluding hydrogens is 202 g/mol. The number of esters is 1. The summed E-state index contributed by atoms with van der Waals surface area (Å²) in [5, 5.41) is 0.0716. The molecule has 80 valence electrons. The van der Waals surface area contributed by atoms with Gasteiger partial charge < -0.3 is 9.64 Å². The lowest BCUT2D eigenvalue weighted by Crippen LogP contribution is -2.27. The summed E-state index contributed by atoms with van der Waals surface area (Å²) >= 11 is 1.31. The Balaban J connectivity index is 2.19. The SMILES string of the molecule is CC(C)OC(=O)CCN1CCSC1=O. The summed E-state index contributed by atoms with van der Waals surface area (Å²) in [5.41, 5.74) is 0. The van der Waals surface area contributed by atoms with Gasteiger partial charge in [0.25, 0.3) is 5.24 Å². The molecule has 0 N–H and O–H groups in total. The summed E-state index contributed by atoms with van der Waals surface area (Å²) in [6.45, 7) is 4.86. The summed E-state index contributed by atoms with van der Waals surface area (Å²) < 4.78 is 4.96. The first kappa shape index (κ1) is 11.4. The van der Waals surface area contributed by atoms with Crippen LogP contribution in [0.15, 0.2) is 0 Å². The van der Waals surface area contributed by atoms with Crippen molar-refractivity contribution < 1.29 is 14.3 Å². The normalized spacial score (nSPS) is 16.5. The van der Waals surface area contributed by atoms with Gasteiger partial charge in [-0.3, -0.25) is 9.59 Å². The van der Waals surface area contributed by atoms with Gasteiger partial charge >= 0.3 is 5.97 Å². The molecule has 14 heavy (non-hydrogen) atoms. The van der Waals surface area contributed by atoms with Crippen molar-refractivity contribution in [1.29, 1.82) is 0 Å². The van der Waals surface area contributed by atoms with Crippen LogP contribution in [-0.4, -0.2) is 41.1 Å². The highest BCUT2D eigenvalue weighted by Crippen LogP contribution is 2.17. The highest BCUT2D eigenvalue weighted by molar-refractivity contribution is 8.13. The number of thioether (sulfide) groups is 1. The average Bonchev–Trinajstić information content (AvgIpc) is 2.46. The molecule has 0 aliphatic carbocycles. The fraction of sp³-hybridized carbons (Fsp3) is 0.778. The van der Waals surface area contributed by atoms with Gasteiger partial charge in [-0.05, 0) is 13.8 Å². The van der Waals surface area contributed by atoms with Gasteiger partial charge in [0.1, 0.15) is 0 Å². The molecule has 0 aromatic carbocycles. The number of hydrogen-bond donors (Lipinski definition) is 0. The standard InChI is InChI=1S/C9H15NO3S/c1-7(2)13-8(11)3-4-10-5-6-14-9(10)12/h7H,3-6H2,1-2H3. The van der Waals surface area contributed by atoms with E-state index in [-0.39, 0.29) is 17.3 Å². The maximum absolute atomic E-state index is 11.1. The van der Waals surface area contributed by atoms with E-state index >= 15 is 0 Å². The van der Waals surface area contributed by atoms with Crippen molar-refractivity contribution in [2.75, 3.05) is 18.8 Å². The molecule has 0 radical (unpaired) electrons. The first-order valence-corrected chi connectivity index (χ1v) is 5.69. The van der Waals surface area contributed by atoms with E-state index in [1.807, 2.05) is 13.8 Å². The van der Waals surface area contributed by atoms with Crippen LogP contribution in [0.2, 0.25) is 0 Å². The van der Waals surface area contributed by atoms with E-state index in [4.69, 9.17) is 4.74 Å². The van der Waals surface area contributed by atoms with Crippen molar-refractivity contribution in [2.45, 2.75) is 26.4 Å². The van der Waals surface area contributed by atoms with Crippen molar-refractivity contribution in [3.05, 3.63) is 0 Å². The first-order chi connectivity index (χ1) is 6.59. The second-order valence-corrected chi connectivity index (χ2v) is 4.44. The topological polar surface area (TPSA) is 46.6 Å². The zero-order valence-electron chi connectivity index (χ0n) is 8.49. The fourth-order valence-electron chi connectivity index (χ4n) is 1.18. The highest BCUT2D eigenvalue weighted by Gasteiger charge is 2.21. The van der Waals surface area contributed by atoms with Crippen molar-refractivity contribution in [2.24, 2.45) is 0 Å². The number of rotatable bonds is 4. The van der Waals surface area contributed by atoms with Crippen molar-refractivity contribution in [3.63, 3.8) is 0 Å². The lowest BCUT2D eigenvalue weighted by Gasteiger charge is -2.14. The van der Waals surface area contributed by atoms with Crippen LogP contribution in [-0.2, 0) is 9.53 Å². The molecule has 0 atom stereocenters. The molecule has 4 nitrogen and oxygen atoms in total. The van der Waals surface area contributed by atoms with E-state index < -0.39 is 0 Å². The Morgan fingerprint density at radius 3 is 2.86 bits per heavy atom. The summed E-state index contributed by atoms with van der Waals surface area (Å²) in [7, 11) is 0. The van der Waals surface area contributed by atoms with Gasteiger partial charge in [-0.25, -0.2) is 0 Å². The molecule has 1 saturated heterocycles. The summed E-state index contributed by atoms with van der Waals surface area (Å²) in [6.07, 6.45) is 0.218. The monoisotopic (exact) mass is 217 g/mol. The maximum Gasteiger partial charge on any atom is 0.307 e. The Labute approximate surface area is 88.0 Å². The van der Waals surface area contributed by atoms with Gasteiger partial charge in [-0.1, -0.05) is 11.8 Å². The molecule has 1 heterocycles. The fourth-order valence-corrected chi connectivity index (χ4v) is 2.03. The summed E-state index contributed by atoms with van der Waals surface area (Å²) in [6, 6.07) is 0. The van der Waals surface area contributed by atoms with Gasteiger partial charge in [0, 0.05) is 18.8 Å². The van der Waals surface area contributed by atoms with Gasteiger partial charge in [0.2, 0.25) is 0 Å². The Morgan fingerprint density at radius 2 is 2.36 bits per heavy atom. The third-order valence-corrected chi connectivity index (χ3v) is 2.69. The minimum atomic E-state index is -0.232. The van der Waals surface area contributed by atoms with Crippen LogP contribution in [0.4, 0.5) is 4.79 Å². The Morgan fingerprint density at radius 1 is 1.64 bits per heavy atom. The van der Waals surface area contributed by atoms with Crippen molar-refractivity contribution in [3.8, 4) is 0 Å². The lowest BCUT2D eigenvalue weighted by molar-refractivity contribution is -0.147. The summed E-state index contributed by atoms with van der Waals surface area (Å²) in [5.74, 6) is 0.600. The van der Waals surface area contributed by atoms with Gasteiger partial charge in [0.15, 0.2) is 0 Å². The van der Waals surface area contributed by atoms with Gasteiger partial charge in [-0.15, -0.1) is 0 Å². The molecule has 1 aliphatic heterocycles. The quantitative estimate of drug-likeness (QED) is 0.669. The Kier molecular flexibility index (Phi) is 4.25. The third-order valence-electron chi connectivity index (χ3n) is 1.80. The zero-order valence-corrected chi connectivity index (χ0v) is 9.30. The second-order valence-electron chi connectivity index (χ2n) is 3.39. The van der Waals surface area contributed by atoms with Crippen LogP contribution in [0.1, 0.15) is 20.3 Å². The van der Waals surface area contributed by atoms with Crippen LogP contribution in [0.3, 0.4) is 0 Å². The molecule has 0 aromatic rings. The molecule has 1 aliphatic rings. The van der Waals surface area contributed by atoms with Crippen LogP contribution in [0, 0.1) is 0 Å². The number of carbonyl (C=O) groups is 2. The molecule has 0 saturated carbocycles. The molecule has 0 unspecified atom stereocenters. The van der Waals surface area contributed by atoms with Crippen LogP contribution in [0.25, 0.3) is 0 Å². The minimum Gasteiger partial charge on any atom is -0.463 e. The molecular formula is C9H15NO3S. The molecule has 0 aromatic heterocycles. The van der Waals surface area contributed by atoms with E-state index in [0.29, 0.717) is 13.0 Å². The highest BCUT2D eigenvalue weighted by atomic mass is 32.2. The van der Waals surface area contributed by atoms with E-state index in [0.717, 1.165) is 12.3 Å². The number of hydrogen-bond acceptors (Lipinski definition) is 4. The van der Waals surface area contributed by atoms with E-state index in [9.17, 15) is 9.59 Å². The van der Waals surface area contributed by atoms with Crippen LogP contribution >= 0.6 is 11.8 Å². The molecule has 1 rings (SSSR count). The van der Waals surface area contributed by atoms with E-state index in [1.165, 1.54) is 11.8 Å². The smallest absolute Gasteiger partial charge is 0.307 e. The summed E-state index contributed by atoms with van der Waals surface area (Å²) in [4.78, 5) is 24.0. The van der Waals surface area contributed by atoms with Crippen LogP contribution < -0.4 is 0 Å². The predicted octanol–water partition coefficient (Wildman–Crippen LogP) is 1.50. The number of nitrogens with zero attached hydrogens (tertiary/aromatic N) is 1. The number of ether oxygens (including phenoxy) is 1. The van der Waals surface area contributed by atoms with Gasteiger partial charge in [-0.2, -0.15) is 0 Å². The first-order valence-electron chi connectivity index (χ1n) is 4.71. The number of carbonyl (C=O) groups excluding carboxylic acids is 2. The minimum absolute atomic E-state index is 0.0716. The Bertz CT molecular complexity index is 230. The zero-order chi connectivity index (χ0) is 10.6. The Hall–Kier alpha value is -0.710. The maximum atomic E-state index is 11.1. The molecule has 0 spiro atoms. The molecule has 1 fully saturated rings. The van der Waals surface area contributed by atoms with Gasteiger partial charge in [0.05, 0.1) is 12.5 Å². The molecule has 5 heteroatoms. The lowest BCUT2D eigenvalue weighted by atomic mass is 10.4. The van der Waals surface area contributed by atoms with E-state index in [1.54, 1.807) is 4.90 Å². The second kappa shape index (κ2) is 5.24. The third kappa shape index (κ3) is 3.57. The van der Waals surface area contributed by atoms with Crippen molar-refractivity contribution >= 4 is 23.0 Å². The number of amides is 1. The average molecular weight is 217 g/mol. The largest absolute Gasteiger partial charge is 0.463 e. The van der Waals surface area contributed by atoms with Crippen molar-refractivity contribution in [1.82, 2.24) is 4.90 Å². The van der Waals surface area contributed by atoms with Crippen LogP contribution in [0.5, 0.6) is 0 Å². The van der Waals surface area contributed by atoms with E-state index in [2.05, 4.69) is 0 Å².